The molecule has 0 aliphatic rings. The highest BCUT2D eigenvalue weighted by Crippen LogP contribution is 2.30. The number of carbonyl (C=O) groups is 1. The Morgan fingerprint density at radius 2 is 1.51 bits per heavy atom. The van der Waals surface area contributed by atoms with E-state index in [-0.39, 0.29) is 35.7 Å². The van der Waals surface area contributed by atoms with Gasteiger partial charge in [-0.2, -0.15) is 30.7 Å². The summed E-state index contributed by atoms with van der Waals surface area (Å²) in [5.74, 6) is -1.56. The molecule has 2 N–H and O–H groups in total. The summed E-state index contributed by atoms with van der Waals surface area (Å²) < 4.78 is 101. The summed E-state index contributed by atoms with van der Waals surface area (Å²) in [5.41, 5.74) is 0.833. The van der Waals surface area contributed by atoms with Crippen LogP contribution < -0.4 is 14.4 Å². The van der Waals surface area contributed by atoms with Gasteiger partial charge < -0.3 is 24.6 Å². The smallest absolute Gasteiger partial charge is 0.461 e. The highest BCUT2D eigenvalue weighted by Gasteiger charge is 2.44. The van der Waals surface area contributed by atoms with Gasteiger partial charge in [-0.15, -0.1) is 0 Å². The van der Waals surface area contributed by atoms with Gasteiger partial charge in [-0.05, 0) is 47.5 Å². The van der Waals surface area contributed by atoms with Crippen LogP contribution >= 0.6 is 0 Å². The molecule has 210 valence electrons. The second-order valence-corrected chi connectivity index (χ2v) is 8.34. The van der Waals surface area contributed by atoms with Gasteiger partial charge in [0.2, 0.25) is 0 Å². The Kier molecular flexibility index (Phi) is 9.28. The van der Waals surface area contributed by atoms with Crippen molar-refractivity contribution in [3.8, 4) is 11.5 Å². The molecular formula is C26H22F7NO5. The van der Waals surface area contributed by atoms with Crippen LogP contribution in [0.15, 0.2) is 72.8 Å². The van der Waals surface area contributed by atoms with Crippen LogP contribution in [0.1, 0.15) is 21.5 Å². The Morgan fingerprint density at radius 1 is 0.872 bits per heavy atom. The third kappa shape index (κ3) is 8.50. The van der Waals surface area contributed by atoms with E-state index in [1.165, 1.54) is 54.6 Å². The first-order chi connectivity index (χ1) is 18.2. The second kappa shape index (κ2) is 12.2. The maximum atomic E-state index is 13.3. The van der Waals surface area contributed by atoms with Gasteiger partial charge in [0.1, 0.15) is 18.1 Å². The number of carboxylic acid groups (broad SMARTS) is 1. The van der Waals surface area contributed by atoms with Crippen molar-refractivity contribution in [2.45, 2.75) is 38.0 Å². The maximum absolute atomic E-state index is 13.3. The third-order valence-electron chi connectivity index (χ3n) is 5.31. The van der Waals surface area contributed by atoms with Crippen molar-refractivity contribution in [2.24, 2.45) is 0 Å². The zero-order chi connectivity index (χ0) is 28.8. The monoisotopic (exact) mass is 561 g/mol. The lowest BCUT2D eigenvalue weighted by Gasteiger charge is -2.29. The highest BCUT2D eigenvalue weighted by molar-refractivity contribution is 5.87. The third-order valence-corrected chi connectivity index (χ3v) is 5.31. The molecule has 1 atom stereocenters. The van der Waals surface area contributed by atoms with E-state index in [1.807, 2.05) is 0 Å². The topological polar surface area (TPSA) is 79.2 Å². The minimum Gasteiger partial charge on any atom is -0.489 e. The molecule has 0 heterocycles. The number of ether oxygens (including phenoxy) is 2. The highest BCUT2D eigenvalue weighted by atomic mass is 19.4. The Labute approximate surface area is 217 Å². The Morgan fingerprint density at radius 3 is 2.18 bits per heavy atom. The molecule has 3 aromatic carbocycles. The maximum Gasteiger partial charge on any atom is 0.461 e. The molecule has 0 aromatic heterocycles. The lowest BCUT2D eigenvalue weighted by Crippen LogP contribution is -2.40. The first-order valence-electron chi connectivity index (χ1n) is 11.2. The molecule has 0 aliphatic carbocycles. The molecule has 13 heteroatoms. The number of rotatable bonds is 12. The molecule has 0 aliphatic heterocycles. The Hall–Kier alpha value is -4.00. The van der Waals surface area contributed by atoms with Crippen molar-refractivity contribution in [2.75, 3.05) is 11.4 Å². The summed E-state index contributed by atoms with van der Waals surface area (Å²) in [4.78, 5) is 12.2. The minimum absolute atomic E-state index is 0.0367. The normalized spacial score (nSPS) is 12.7. The number of hydrogen-bond donors (Lipinski definition) is 2. The number of halogens is 7. The van der Waals surface area contributed by atoms with E-state index >= 15 is 0 Å². The fourth-order valence-electron chi connectivity index (χ4n) is 3.43. The Balaban J connectivity index is 1.83. The Bertz CT molecular complexity index is 1270. The van der Waals surface area contributed by atoms with Crippen molar-refractivity contribution in [1.29, 1.82) is 0 Å². The van der Waals surface area contributed by atoms with Crippen molar-refractivity contribution in [1.82, 2.24) is 0 Å². The van der Waals surface area contributed by atoms with Gasteiger partial charge >= 0.3 is 24.7 Å². The zero-order valence-electron chi connectivity index (χ0n) is 19.9. The van der Waals surface area contributed by atoms with E-state index in [2.05, 4.69) is 4.74 Å². The van der Waals surface area contributed by atoms with Crippen molar-refractivity contribution in [3.63, 3.8) is 0 Å². The zero-order valence-corrected chi connectivity index (χ0v) is 19.9. The number of aliphatic hydroxyl groups is 1. The van der Waals surface area contributed by atoms with Crippen LogP contribution in [0.25, 0.3) is 0 Å². The predicted octanol–water partition coefficient (Wildman–Crippen LogP) is 6.13. The molecular weight excluding hydrogens is 539 g/mol. The number of aromatic carboxylic acids is 1. The van der Waals surface area contributed by atoms with E-state index in [0.29, 0.717) is 5.56 Å². The quantitative estimate of drug-likeness (QED) is 0.259. The number of nitrogens with zero attached hydrogens (tertiary/aromatic N) is 1. The van der Waals surface area contributed by atoms with Gasteiger partial charge in [-0.25, -0.2) is 4.79 Å². The van der Waals surface area contributed by atoms with Crippen LogP contribution in [0, 0.1) is 0 Å². The van der Waals surface area contributed by atoms with E-state index in [0.717, 1.165) is 17.0 Å². The molecule has 0 spiro atoms. The van der Waals surface area contributed by atoms with E-state index < -0.39 is 43.1 Å². The SMILES string of the molecule is O=C(O)c1cccc(COc2cccc(N(Cc3cccc(OC(F)(F)C(F)F)c3)CC(O)C(F)(F)F)c2)c1. The predicted molar refractivity (Wildman–Crippen MR) is 125 cm³/mol. The van der Waals surface area contributed by atoms with Crippen LogP contribution in [-0.2, 0) is 13.2 Å². The number of hydrogen-bond acceptors (Lipinski definition) is 5. The van der Waals surface area contributed by atoms with Crippen molar-refractivity contribution < 1.29 is 55.2 Å². The first-order valence-corrected chi connectivity index (χ1v) is 11.2. The molecule has 39 heavy (non-hydrogen) atoms. The summed E-state index contributed by atoms with van der Waals surface area (Å²) in [6.07, 6.45) is -16.6. The largest absolute Gasteiger partial charge is 0.489 e. The molecule has 0 radical (unpaired) electrons. The molecule has 0 saturated carbocycles. The molecule has 3 rings (SSSR count). The molecule has 6 nitrogen and oxygen atoms in total. The van der Waals surface area contributed by atoms with Crippen LogP contribution in [0.5, 0.6) is 11.5 Å². The van der Waals surface area contributed by atoms with Crippen LogP contribution in [0.3, 0.4) is 0 Å². The summed E-state index contributed by atoms with van der Waals surface area (Å²) >= 11 is 0. The molecule has 1 unspecified atom stereocenters. The van der Waals surface area contributed by atoms with Crippen molar-refractivity contribution >= 4 is 11.7 Å². The van der Waals surface area contributed by atoms with Gasteiger partial charge in [0.15, 0.2) is 6.10 Å². The van der Waals surface area contributed by atoms with Gasteiger partial charge in [0, 0.05) is 18.3 Å². The molecule has 0 fully saturated rings. The second-order valence-electron chi connectivity index (χ2n) is 8.34. The van der Waals surface area contributed by atoms with E-state index in [9.17, 15) is 40.6 Å². The van der Waals surface area contributed by atoms with Gasteiger partial charge in [0.25, 0.3) is 0 Å². The van der Waals surface area contributed by atoms with E-state index in [1.54, 1.807) is 6.07 Å². The number of anilines is 1. The van der Waals surface area contributed by atoms with Gasteiger partial charge in [-0.1, -0.05) is 30.3 Å². The molecule has 0 amide bonds. The first kappa shape index (κ1) is 29.6. The lowest BCUT2D eigenvalue weighted by molar-refractivity contribution is -0.253. The number of benzene rings is 3. The number of carboxylic acids is 1. The average molecular weight is 561 g/mol. The average Bonchev–Trinajstić information content (AvgIpc) is 2.86. The molecule has 0 saturated heterocycles. The summed E-state index contributed by atoms with van der Waals surface area (Å²) in [6, 6.07) is 16.2. The summed E-state index contributed by atoms with van der Waals surface area (Å²) in [5, 5.41) is 18.8. The van der Waals surface area contributed by atoms with Crippen LogP contribution in [0.2, 0.25) is 0 Å². The van der Waals surface area contributed by atoms with Crippen LogP contribution in [0.4, 0.5) is 36.4 Å². The summed E-state index contributed by atoms with van der Waals surface area (Å²) in [7, 11) is 0. The standard InChI is InChI=1S/C26H22F7NO5/c27-24(28)26(32,33)39-21-9-2-4-16(11-21)13-34(14-22(35)25(29,30)31)19-7-3-8-20(12-19)38-15-17-5-1-6-18(10-17)23(36)37/h1-12,22,24,35H,13-15H2,(H,36,37). The molecule has 3 aromatic rings. The fourth-order valence-corrected chi connectivity index (χ4v) is 3.43. The van der Waals surface area contributed by atoms with Crippen molar-refractivity contribution in [3.05, 3.63) is 89.5 Å². The van der Waals surface area contributed by atoms with Gasteiger partial charge in [-0.3, -0.25) is 0 Å². The lowest BCUT2D eigenvalue weighted by atomic mass is 10.1. The fraction of sp³-hybridized carbons (Fsp3) is 0.269. The van der Waals surface area contributed by atoms with E-state index in [4.69, 9.17) is 9.84 Å². The molecule has 0 bridgehead atoms. The summed E-state index contributed by atoms with van der Waals surface area (Å²) in [6.45, 7) is -1.37. The number of alkyl halides is 7. The van der Waals surface area contributed by atoms with Gasteiger partial charge in [0.05, 0.1) is 12.1 Å². The number of aliphatic hydroxyl groups excluding tert-OH is 1. The minimum atomic E-state index is -4.97. The van der Waals surface area contributed by atoms with Crippen LogP contribution in [-0.4, -0.2) is 47.5 Å².